The number of imidazole rings is 1. The number of methoxy groups -OCH3 is 1. The second-order valence-electron chi connectivity index (χ2n) is 5.89. The van der Waals surface area contributed by atoms with Crippen molar-refractivity contribution in [1.29, 1.82) is 0 Å². The summed E-state index contributed by atoms with van der Waals surface area (Å²) < 4.78 is 5.19. The van der Waals surface area contributed by atoms with Gasteiger partial charge in [0.25, 0.3) is 0 Å². The van der Waals surface area contributed by atoms with E-state index in [-0.39, 0.29) is 0 Å². The maximum atomic E-state index is 5.19. The van der Waals surface area contributed by atoms with E-state index in [0.717, 1.165) is 35.6 Å². The Bertz CT molecular complexity index is 996. The maximum Gasteiger partial charge on any atom is 0.183 e. The van der Waals surface area contributed by atoms with Crippen LogP contribution in [0.5, 0.6) is 5.75 Å². The molecule has 2 heterocycles. The van der Waals surface area contributed by atoms with Crippen LogP contribution in [0, 0.1) is 0 Å². The summed E-state index contributed by atoms with van der Waals surface area (Å²) in [6.45, 7) is 0.756. The van der Waals surface area contributed by atoms with Crippen LogP contribution in [0.4, 0.5) is 5.82 Å². The minimum Gasteiger partial charge on any atom is -0.497 e. The van der Waals surface area contributed by atoms with E-state index < -0.39 is 0 Å². The number of ether oxygens (including phenoxy) is 1. The SMILES string of the molecule is COc1ccc(CCNc2nc(-c3ccccc3)nc3nc[nH]c23)cc1. The fourth-order valence-corrected chi connectivity index (χ4v) is 2.79. The Hall–Kier alpha value is -3.41. The molecule has 2 aromatic heterocycles. The number of nitrogens with zero attached hydrogens (tertiary/aromatic N) is 3. The Morgan fingerprint density at radius 2 is 1.81 bits per heavy atom. The van der Waals surface area contributed by atoms with Crippen LogP contribution in [0.1, 0.15) is 5.56 Å². The number of anilines is 1. The minimum atomic E-state index is 0.658. The van der Waals surface area contributed by atoms with E-state index in [1.807, 2.05) is 42.5 Å². The van der Waals surface area contributed by atoms with Gasteiger partial charge in [-0.15, -0.1) is 0 Å². The normalized spacial score (nSPS) is 10.8. The maximum absolute atomic E-state index is 5.19. The van der Waals surface area contributed by atoms with Gasteiger partial charge in [-0.25, -0.2) is 15.0 Å². The van der Waals surface area contributed by atoms with Crippen molar-refractivity contribution in [3.05, 3.63) is 66.5 Å². The zero-order chi connectivity index (χ0) is 17.8. The van der Waals surface area contributed by atoms with Gasteiger partial charge in [-0.05, 0) is 24.1 Å². The van der Waals surface area contributed by atoms with Crippen LogP contribution < -0.4 is 10.1 Å². The zero-order valence-electron chi connectivity index (χ0n) is 14.4. The van der Waals surface area contributed by atoms with Crippen LogP contribution in [-0.2, 0) is 6.42 Å². The summed E-state index contributed by atoms with van der Waals surface area (Å²) in [6, 6.07) is 18.0. The van der Waals surface area contributed by atoms with Gasteiger partial charge < -0.3 is 15.0 Å². The second kappa shape index (κ2) is 7.23. The van der Waals surface area contributed by atoms with Crippen molar-refractivity contribution >= 4 is 17.0 Å². The van der Waals surface area contributed by atoms with Crippen LogP contribution >= 0.6 is 0 Å². The molecule has 0 spiro atoms. The fraction of sp³-hybridized carbons (Fsp3) is 0.150. The molecule has 2 aromatic carbocycles. The van der Waals surface area contributed by atoms with Crippen molar-refractivity contribution in [2.24, 2.45) is 0 Å². The number of hydrogen-bond acceptors (Lipinski definition) is 5. The summed E-state index contributed by atoms with van der Waals surface area (Å²) in [5.41, 5.74) is 3.68. The quantitative estimate of drug-likeness (QED) is 0.557. The van der Waals surface area contributed by atoms with E-state index in [4.69, 9.17) is 4.74 Å². The third-order valence-electron chi connectivity index (χ3n) is 4.18. The number of nitrogens with one attached hydrogen (secondary N) is 2. The molecule has 0 aliphatic heterocycles. The highest BCUT2D eigenvalue weighted by molar-refractivity contribution is 5.84. The molecule has 0 fully saturated rings. The Kier molecular flexibility index (Phi) is 4.47. The standard InChI is InChI=1S/C20H19N5O/c1-26-16-9-7-14(8-10-16)11-12-21-19-17-20(23-13-22-17)25-18(24-19)15-5-3-2-4-6-15/h2-10,13H,11-12H2,1H3,(H2,21,22,23,24,25). The molecule has 0 radical (unpaired) electrons. The van der Waals surface area contributed by atoms with Crippen LogP contribution in [0.2, 0.25) is 0 Å². The number of fused-ring (bicyclic) bond motifs is 1. The van der Waals surface area contributed by atoms with Crippen LogP contribution in [0.3, 0.4) is 0 Å². The first-order chi connectivity index (χ1) is 12.8. The third-order valence-corrected chi connectivity index (χ3v) is 4.18. The van der Waals surface area contributed by atoms with Crippen molar-refractivity contribution < 1.29 is 4.74 Å². The minimum absolute atomic E-state index is 0.658. The molecule has 26 heavy (non-hydrogen) atoms. The van der Waals surface area contributed by atoms with Crippen LogP contribution in [0.15, 0.2) is 60.9 Å². The Morgan fingerprint density at radius 3 is 2.58 bits per heavy atom. The fourth-order valence-electron chi connectivity index (χ4n) is 2.79. The Labute approximate surface area is 151 Å². The predicted octanol–water partition coefficient (Wildman–Crippen LogP) is 3.68. The van der Waals surface area contributed by atoms with Gasteiger partial charge in [0.2, 0.25) is 0 Å². The molecule has 2 N–H and O–H groups in total. The smallest absolute Gasteiger partial charge is 0.183 e. The molecule has 6 nitrogen and oxygen atoms in total. The number of benzene rings is 2. The van der Waals surface area contributed by atoms with Gasteiger partial charge in [0.05, 0.1) is 13.4 Å². The summed E-state index contributed by atoms with van der Waals surface area (Å²) in [6.07, 6.45) is 2.52. The lowest BCUT2D eigenvalue weighted by molar-refractivity contribution is 0.414. The highest BCUT2D eigenvalue weighted by atomic mass is 16.5. The topological polar surface area (TPSA) is 75.7 Å². The average molecular weight is 345 g/mol. The number of aromatic amines is 1. The lowest BCUT2D eigenvalue weighted by Crippen LogP contribution is -2.08. The van der Waals surface area contributed by atoms with Crippen molar-refractivity contribution in [3.8, 4) is 17.1 Å². The number of H-pyrrole nitrogens is 1. The van der Waals surface area contributed by atoms with Gasteiger partial charge in [-0.3, -0.25) is 0 Å². The van der Waals surface area contributed by atoms with E-state index >= 15 is 0 Å². The predicted molar refractivity (Wildman–Crippen MR) is 102 cm³/mol. The van der Waals surface area contributed by atoms with E-state index in [1.54, 1.807) is 13.4 Å². The molecule has 0 amide bonds. The first kappa shape index (κ1) is 16.1. The average Bonchev–Trinajstić information content (AvgIpc) is 3.18. The van der Waals surface area contributed by atoms with Gasteiger partial charge in [-0.2, -0.15) is 0 Å². The van der Waals surface area contributed by atoms with Crippen LogP contribution in [0.25, 0.3) is 22.6 Å². The molecule has 4 rings (SSSR count). The van der Waals surface area contributed by atoms with Crippen LogP contribution in [-0.4, -0.2) is 33.6 Å². The molecule has 0 aliphatic carbocycles. The van der Waals surface area contributed by atoms with Gasteiger partial charge in [0.1, 0.15) is 11.3 Å². The molecule has 0 atom stereocenters. The first-order valence-electron chi connectivity index (χ1n) is 8.47. The molecule has 130 valence electrons. The molecule has 0 aliphatic rings. The summed E-state index contributed by atoms with van der Waals surface area (Å²) in [5, 5.41) is 3.41. The molecule has 0 unspecified atom stereocenters. The molecule has 0 saturated carbocycles. The second-order valence-corrected chi connectivity index (χ2v) is 5.89. The van der Waals surface area contributed by atoms with Crippen molar-refractivity contribution in [2.45, 2.75) is 6.42 Å². The highest BCUT2D eigenvalue weighted by Gasteiger charge is 2.11. The summed E-state index contributed by atoms with van der Waals surface area (Å²) in [4.78, 5) is 16.6. The van der Waals surface area contributed by atoms with Gasteiger partial charge >= 0.3 is 0 Å². The van der Waals surface area contributed by atoms with Crippen molar-refractivity contribution in [1.82, 2.24) is 19.9 Å². The van der Waals surface area contributed by atoms with E-state index in [0.29, 0.717) is 11.5 Å². The molecular formula is C20H19N5O. The largest absolute Gasteiger partial charge is 0.497 e. The third kappa shape index (κ3) is 3.35. The Balaban J connectivity index is 1.54. The summed E-state index contributed by atoms with van der Waals surface area (Å²) in [7, 11) is 1.67. The molecular weight excluding hydrogens is 326 g/mol. The van der Waals surface area contributed by atoms with E-state index in [9.17, 15) is 0 Å². The monoisotopic (exact) mass is 345 g/mol. The lowest BCUT2D eigenvalue weighted by atomic mass is 10.1. The van der Waals surface area contributed by atoms with Crippen molar-refractivity contribution in [3.63, 3.8) is 0 Å². The van der Waals surface area contributed by atoms with E-state index in [1.165, 1.54) is 5.56 Å². The van der Waals surface area contributed by atoms with Gasteiger partial charge in [0, 0.05) is 12.1 Å². The van der Waals surface area contributed by atoms with E-state index in [2.05, 4.69) is 37.4 Å². The number of aromatic nitrogens is 4. The highest BCUT2D eigenvalue weighted by Crippen LogP contribution is 2.22. The number of rotatable bonds is 6. The number of hydrogen-bond donors (Lipinski definition) is 2. The van der Waals surface area contributed by atoms with Gasteiger partial charge in [-0.1, -0.05) is 42.5 Å². The molecule has 0 saturated heterocycles. The Morgan fingerprint density at radius 1 is 1.00 bits per heavy atom. The van der Waals surface area contributed by atoms with Gasteiger partial charge in [0.15, 0.2) is 17.3 Å². The summed E-state index contributed by atoms with van der Waals surface area (Å²) in [5.74, 6) is 2.29. The van der Waals surface area contributed by atoms with Crippen molar-refractivity contribution in [2.75, 3.05) is 19.0 Å². The first-order valence-corrected chi connectivity index (χ1v) is 8.47. The molecule has 4 aromatic rings. The summed E-state index contributed by atoms with van der Waals surface area (Å²) >= 11 is 0. The zero-order valence-corrected chi connectivity index (χ0v) is 14.4. The lowest BCUT2D eigenvalue weighted by Gasteiger charge is -2.09. The molecule has 0 bridgehead atoms. The molecule has 6 heteroatoms.